The van der Waals surface area contributed by atoms with Gasteiger partial charge in [0.25, 0.3) is 0 Å². The second-order valence-corrected chi connectivity index (χ2v) is 9.11. The number of rotatable bonds is 10. The molecule has 0 saturated carbocycles. The van der Waals surface area contributed by atoms with Crippen LogP contribution in [0, 0.1) is 0 Å². The first-order valence-corrected chi connectivity index (χ1v) is 12.6. The summed E-state index contributed by atoms with van der Waals surface area (Å²) in [6.45, 7) is 4.53. The fourth-order valence-corrected chi connectivity index (χ4v) is 4.76. The summed E-state index contributed by atoms with van der Waals surface area (Å²) < 4.78 is 0. The van der Waals surface area contributed by atoms with E-state index >= 15 is 0 Å². The maximum absolute atomic E-state index is 12.8. The molecule has 176 valence electrons. The molecule has 0 aliphatic carbocycles. The van der Waals surface area contributed by atoms with Crippen molar-refractivity contribution in [2.24, 2.45) is 0 Å². The van der Waals surface area contributed by atoms with E-state index in [9.17, 15) is 4.79 Å². The molecule has 0 N–H and O–H groups in total. The number of unbranched alkanes of at least 4 members (excludes halogenated alkanes) is 1. The summed E-state index contributed by atoms with van der Waals surface area (Å²) >= 11 is 0. The Labute approximate surface area is 204 Å². The van der Waals surface area contributed by atoms with E-state index in [0.29, 0.717) is 18.2 Å². The topological polar surface area (TPSA) is 23.6 Å². The Morgan fingerprint density at radius 2 is 1.29 bits per heavy atom. The smallest absolute Gasteiger partial charge is 0.222 e. The predicted molar refractivity (Wildman–Crippen MR) is 142 cm³/mol. The van der Waals surface area contributed by atoms with Crippen LogP contribution in [0.5, 0.6) is 0 Å². The zero-order valence-electron chi connectivity index (χ0n) is 20.1. The molecule has 0 bridgehead atoms. The summed E-state index contributed by atoms with van der Waals surface area (Å²) in [4.78, 5) is 17.3. The number of benzene rings is 3. The van der Waals surface area contributed by atoms with Crippen LogP contribution in [0.3, 0.4) is 0 Å². The van der Waals surface area contributed by atoms with Gasteiger partial charge in [0.1, 0.15) is 0 Å². The molecular weight excluding hydrogens is 416 g/mol. The first-order chi connectivity index (χ1) is 16.8. The Hall–Kier alpha value is -3.17. The Bertz CT molecular complexity index is 970. The van der Waals surface area contributed by atoms with Gasteiger partial charge in [0.2, 0.25) is 5.91 Å². The zero-order chi connectivity index (χ0) is 23.4. The van der Waals surface area contributed by atoms with E-state index in [1.54, 1.807) is 0 Å². The van der Waals surface area contributed by atoms with E-state index in [1.807, 2.05) is 6.07 Å². The standard InChI is InChI=1S/C31H36N2O/c34-31(33-25-23-32(24-26-33)22-12-15-27-13-4-1-5-14-27)21-11-10-20-30(28-16-6-2-7-17-28)29-18-8-3-9-19-29/h1-9,12-19,30H,10-11,20-26H2/b15-12+. The number of hydrogen-bond acceptors (Lipinski definition) is 2. The van der Waals surface area contributed by atoms with E-state index in [1.165, 1.54) is 16.7 Å². The molecular formula is C31H36N2O. The van der Waals surface area contributed by atoms with Gasteiger partial charge in [0, 0.05) is 45.1 Å². The van der Waals surface area contributed by atoms with Gasteiger partial charge in [-0.05, 0) is 29.5 Å². The number of carbonyl (C=O) groups excluding carboxylic acids is 1. The van der Waals surface area contributed by atoms with E-state index in [0.717, 1.165) is 52.0 Å². The first kappa shape index (κ1) is 24.0. The van der Waals surface area contributed by atoms with Crippen LogP contribution in [0.25, 0.3) is 6.08 Å². The van der Waals surface area contributed by atoms with Gasteiger partial charge >= 0.3 is 0 Å². The predicted octanol–water partition coefficient (Wildman–Crippen LogP) is 6.24. The molecule has 1 heterocycles. The molecule has 0 unspecified atom stereocenters. The third-order valence-corrected chi connectivity index (χ3v) is 6.74. The van der Waals surface area contributed by atoms with Crippen molar-refractivity contribution >= 4 is 12.0 Å². The minimum absolute atomic E-state index is 0.315. The number of piperazine rings is 1. The summed E-state index contributed by atoms with van der Waals surface area (Å²) in [6, 6.07) is 31.9. The van der Waals surface area contributed by atoms with Gasteiger partial charge in [-0.25, -0.2) is 0 Å². The lowest BCUT2D eigenvalue weighted by molar-refractivity contribution is -0.133. The molecule has 34 heavy (non-hydrogen) atoms. The summed E-state index contributed by atoms with van der Waals surface area (Å²) in [5, 5.41) is 0. The lowest BCUT2D eigenvalue weighted by atomic mass is 9.87. The number of nitrogens with zero attached hydrogens (tertiary/aromatic N) is 2. The van der Waals surface area contributed by atoms with Crippen molar-refractivity contribution in [1.29, 1.82) is 0 Å². The highest BCUT2D eigenvalue weighted by atomic mass is 16.2. The van der Waals surface area contributed by atoms with Crippen LogP contribution in [0.2, 0.25) is 0 Å². The van der Waals surface area contributed by atoms with Crippen LogP contribution in [-0.4, -0.2) is 48.4 Å². The quantitative estimate of drug-likeness (QED) is 0.340. The van der Waals surface area contributed by atoms with Crippen LogP contribution in [0.4, 0.5) is 0 Å². The van der Waals surface area contributed by atoms with Gasteiger partial charge in [-0.2, -0.15) is 0 Å². The maximum atomic E-state index is 12.8. The van der Waals surface area contributed by atoms with Crippen molar-refractivity contribution in [3.8, 4) is 0 Å². The largest absolute Gasteiger partial charge is 0.340 e. The Balaban J connectivity index is 1.18. The molecule has 0 aromatic heterocycles. The van der Waals surface area contributed by atoms with E-state index < -0.39 is 0 Å². The van der Waals surface area contributed by atoms with E-state index in [4.69, 9.17) is 0 Å². The third kappa shape index (κ3) is 7.16. The minimum Gasteiger partial charge on any atom is -0.340 e. The number of hydrogen-bond donors (Lipinski definition) is 0. The monoisotopic (exact) mass is 452 g/mol. The first-order valence-electron chi connectivity index (χ1n) is 12.6. The van der Waals surface area contributed by atoms with Crippen LogP contribution in [-0.2, 0) is 4.79 Å². The van der Waals surface area contributed by atoms with Crippen molar-refractivity contribution in [3.05, 3.63) is 114 Å². The summed E-state index contributed by atoms with van der Waals surface area (Å²) in [7, 11) is 0. The lowest BCUT2D eigenvalue weighted by Crippen LogP contribution is -2.48. The summed E-state index contributed by atoms with van der Waals surface area (Å²) in [5.74, 6) is 0.709. The highest BCUT2D eigenvalue weighted by molar-refractivity contribution is 5.76. The fraction of sp³-hybridized carbons (Fsp3) is 0.323. The number of carbonyl (C=O) groups is 1. The van der Waals surface area contributed by atoms with Crippen LogP contribution < -0.4 is 0 Å². The van der Waals surface area contributed by atoms with E-state index in [2.05, 4.69) is 107 Å². The van der Waals surface area contributed by atoms with Crippen LogP contribution in [0.1, 0.15) is 48.3 Å². The molecule has 0 atom stereocenters. The SMILES string of the molecule is O=C(CCCCC(c1ccccc1)c1ccccc1)N1CCN(C/C=C/c2ccccc2)CC1. The molecule has 1 fully saturated rings. The second-order valence-electron chi connectivity index (χ2n) is 9.11. The molecule has 1 aliphatic heterocycles. The Morgan fingerprint density at radius 3 is 1.88 bits per heavy atom. The van der Waals surface area contributed by atoms with Crippen LogP contribution in [0.15, 0.2) is 97.1 Å². The van der Waals surface area contributed by atoms with Gasteiger partial charge in [-0.15, -0.1) is 0 Å². The Kier molecular flexibility index (Phi) is 9.10. The summed E-state index contributed by atoms with van der Waals surface area (Å²) in [5.41, 5.74) is 3.95. The minimum atomic E-state index is 0.315. The van der Waals surface area contributed by atoms with Crippen molar-refractivity contribution in [2.45, 2.75) is 31.6 Å². The molecule has 1 aliphatic rings. The molecule has 3 nitrogen and oxygen atoms in total. The Morgan fingerprint density at radius 1 is 0.735 bits per heavy atom. The summed E-state index contributed by atoms with van der Waals surface area (Å²) in [6.07, 6.45) is 8.14. The molecule has 3 aromatic carbocycles. The molecule has 3 heteroatoms. The average molecular weight is 453 g/mol. The second kappa shape index (κ2) is 12.9. The number of amides is 1. The highest BCUT2D eigenvalue weighted by Gasteiger charge is 2.20. The van der Waals surface area contributed by atoms with Crippen molar-refractivity contribution in [2.75, 3.05) is 32.7 Å². The van der Waals surface area contributed by atoms with Gasteiger partial charge in [0.15, 0.2) is 0 Å². The fourth-order valence-electron chi connectivity index (χ4n) is 4.76. The normalized spacial score (nSPS) is 14.7. The van der Waals surface area contributed by atoms with Gasteiger partial charge in [0.05, 0.1) is 0 Å². The van der Waals surface area contributed by atoms with Crippen molar-refractivity contribution in [3.63, 3.8) is 0 Å². The van der Waals surface area contributed by atoms with Gasteiger partial charge in [-0.1, -0.05) is 110 Å². The molecule has 0 spiro atoms. The molecule has 0 radical (unpaired) electrons. The van der Waals surface area contributed by atoms with Crippen LogP contribution >= 0.6 is 0 Å². The van der Waals surface area contributed by atoms with Gasteiger partial charge < -0.3 is 4.90 Å². The molecule has 4 rings (SSSR count). The molecule has 3 aromatic rings. The van der Waals surface area contributed by atoms with Crippen molar-refractivity contribution in [1.82, 2.24) is 9.80 Å². The molecule has 1 amide bonds. The zero-order valence-corrected chi connectivity index (χ0v) is 20.1. The highest BCUT2D eigenvalue weighted by Crippen LogP contribution is 2.29. The maximum Gasteiger partial charge on any atom is 0.222 e. The average Bonchev–Trinajstić information content (AvgIpc) is 2.90. The lowest BCUT2D eigenvalue weighted by Gasteiger charge is -2.34. The molecule has 1 saturated heterocycles. The van der Waals surface area contributed by atoms with Gasteiger partial charge in [-0.3, -0.25) is 9.69 Å². The third-order valence-electron chi connectivity index (χ3n) is 6.74. The van der Waals surface area contributed by atoms with E-state index in [-0.39, 0.29) is 0 Å². The van der Waals surface area contributed by atoms with Crippen molar-refractivity contribution < 1.29 is 4.79 Å².